The molecule has 1 saturated heterocycles. The van der Waals surface area contributed by atoms with E-state index in [-0.39, 0.29) is 4.75 Å². The van der Waals surface area contributed by atoms with Crippen LogP contribution in [0.4, 0.5) is 11.6 Å². The number of thioether (sulfide) groups is 1. The predicted octanol–water partition coefficient (Wildman–Crippen LogP) is 4.85. The SMILES string of the molecule is CC1(C)Cc2c(c(N3CCOCC3)nc3sc4c(NCc5ccco5)ncnc4c23)CS1. The number of thiophene rings is 1. The second-order valence-corrected chi connectivity index (χ2v) is 11.5. The number of anilines is 2. The molecule has 0 spiro atoms. The first-order valence-electron chi connectivity index (χ1n) is 10.9. The number of nitrogens with zero attached hydrogens (tertiary/aromatic N) is 4. The minimum Gasteiger partial charge on any atom is -0.467 e. The summed E-state index contributed by atoms with van der Waals surface area (Å²) in [6.07, 6.45) is 4.35. The third-order valence-corrected chi connectivity index (χ3v) is 8.57. The van der Waals surface area contributed by atoms with E-state index >= 15 is 0 Å². The van der Waals surface area contributed by atoms with Crippen molar-refractivity contribution in [3.63, 3.8) is 0 Å². The van der Waals surface area contributed by atoms with E-state index in [1.54, 1.807) is 23.9 Å². The fourth-order valence-corrected chi connectivity index (χ4v) is 6.74. The van der Waals surface area contributed by atoms with Crippen LogP contribution in [0.25, 0.3) is 20.4 Å². The molecule has 0 unspecified atom stereocenters. The summed E-state index contributed by atoms with van der Waals surface area (Å²) in [7, 11) is 0. The van der Waals surface area contributed by atoms with E-state index in [0.717, 1.165) is 70.9 Å². The molecule has 9 heteroatoms. The van der Waals surface area contributed by atoms with Gasteiger partial charge in [-0.2, -0.15) is 11.8 Å². The molecule has 7 nitrogen and oxygen atoms in total. The van der Waals surface area contributed by atoms with E-state index in [2.05, 4.69) is 29.0 Å². The summed E-state index contributed by atoms with van der Waals surface area (Å²) in [5, 5.41) is 4.63. The number of hydrogen-bond acceptors (Lipinski definition) is 9. The van der Waals surface area contributed by atoms with E-state index in [0.29, 0.717) is 6.54 Å². The Bertz CT molecular complexity index is 1280. The van der Waals surface area contributed by atoms with Gasteiger partial charge in [0.2, 0.25) is 0 Å². The zero-order chi connectivity index (χ0) is 21.7. The second kappa shape index (κ2) is 7.90. The van der Waals surface area contributed by atoms with Crippen LogP contribution in [0.1, 0.15) is 30.7 Å². The lowest BCUT2D eigenvalue weighted by Crippen LogP contribution is -2.38. The molecule has 0 bridgehead atoms. The number of morpholine rings is 1. The van der Waals surface area contributed by atoms with Crippen LogP contribution in [0.2, 0.25) is 0 Å². The van der Waals surface area contributed by atoms with Crippen molar-refractivity contribution in [1.82, 2.24) is 15.0 Å². The molecule has 2 aliphatic heterocycles. The van der Waals surface area contributed by atoms with Gasteiger partial charge in [-0.05, 0) is 24.1 Å². The summed E-state index contributed by atoms with van der Waals surface area (Å²) in [6, 6.07) is 3.86. The molecule has 166 valence electrons. The van der Waals surface area contributed by atoms with Crippen LogP contribution in [0, 0.1) is 0 Å². The maximum Gasteiger partial charge on any atom is 0.147 e. The highest BCUT2D eigenvalue weighted by atomic mass is 32.2. The Morgan fingerprint density at radius 2 is 2.06 bits per heavy atom. The highest BCUT2D eigenvalue weighted by Crippen LogP contribution is 2.47. The van der Waals surface area contributed by atoms with Gasteiger partial charge >= 0.3 is 0 Å². The molecular weight excluding hydrogens is 442 g/mol. The standard InChI is InChI=1S/C23H25N5O2S2/c1-23(2)10-15-16(12-31-23)21(28-5-8-29-9-6-28)27-22-17(15)18-19(32-22)20(26-13-25-18)24-11-14-4-3-7-30-14/h3-4,7,13H,5-6,8-12H2,1-2H3,(H,24,25,26). The van der Waals surface area contributed by atoms with Crippen LogP contribution in [0.3, 0.4) is 0 Å². The van der Waals surface area contributed by atoms with Crippen LogP contribution in [-0.4, -0.2) is 46.0 Å². The normalized spacial score (nSPS) is 18.2. The van der Waals surface area contributed by atoms with Crippen molar-refractivity contribution in [2.24, 2.45) is 0 Å². The summed E-state index contributed by atoms with van der Waals surface area (Å²) in [5.41, 5.74) is 3.77. The van der Waals surface area contributed by atoms with Gasteiger partial charge in [0.05, 0.1) is 36.2 Å². The number of fused-ring (bicyclic) bond motifs is 5. The Morgan fingerprint density at radius 3 is 2.88 bits per heavy atom. The number of hydrogen-bond donors (Lipinski definition) is 1. The van der Waals surface area contributed by atoms with Gasteiger partial charge in [0.25, 0.3) is 0 Å². The Morgan fingerprint density at radius 1 is 1.19 bits per heavy atom. The Labute approximate surface area is 194 Å². The van der Waals surface area contributed by atoms with E-state index in [9.17, 15) is 0 Å². The molecule has 1 fully saturated rings. The molecule has 6 rings (SSSR count). The van der Waals surface area contributed by atoms with Crippen molar-refractivity contribution in [3.8, 4) is 0 Å². The smallest absolute Gasteiger partial charge is 0.147 e. The molecule has 0 amide bonds. The molecule has 4 aromatic heterocycles. The van der Waals surface area contributed by atoms with Gasteiger partial charge in [-0.25, -0.2) is 15.0 Å². The molecule has 0 radical (unpaired) electrons. The van der Waals surface area contributed by atoms with Crippen LogP contribution >= 0.6 is 23.1 Å². The molecule has 0 saturated carbocycles. The van der Waals surface area contributed by atoms with Gasteiger partial charge in [0, 0.05) is 34.5 Å². The van der Waals surface area contributed by atoms with Gasteiger partial charge in [0.1, 0.15) is 28.6 Å². The lowest BCUT2D eigenvalue weighted by Gasteiger charge is -2.35. The maximum atomic E-state index is 5.60. The fraction of sp³-hybridized carbons (Fsp3) is 0.435. The highest BCUT2D eigenvalue weighted by Gasteiger charge is 2.33. The topological polar surface area (TPSA) is 76.3 Å². The molecule has 1 N–H and O–H groups in total. The van der Waals surface area contributed by atoms with Crippen molar-refractivity contribution in [2.75, 3.05) is 36.5 Å². The first kappa shape index (κ1) is 20.3. The summed E-state index contributed by atoms with van der Waals surface area (Å²) in [5.74, 6) is 3.81. The summed E-state index contributed by atoms with van der Waals surface area (Å²) in [6.45, 7) is 8.54. The van der Waals surface area contributed by atoms with Crippen LogP contribution < -0.4 is 10.2 Å². The predicted molar refractivity (Wildman–Crippen MR) is 131 cm³/mol. The van der Waals surface area contributed by atoms with Crippen molar-refractivity contribution >= 4 is 55.2 Å². The first-order valence-corrected chi connectivity index (χ1v) is 12.7. The van der Waals surface area contributed by atoms with Crippen molar-refractivity contribution in [3.05, 3.63) is 41.6 Å². The van der Waals surface area contributed by atoms with Gasteiger partial charge < -0.3 is 19.4 Å². The fourth-order valence-electron chi connectivity index (χ4n) is 4.54. The van der Waals surface area contributed by atoms with E-state index < -0.39 is 0 Å². The molecule has 4 aromatic rings. The molecule has 6 heterocycles. The third kappa shape index (κ3) is 3.52. The monoisotopic (exact) mass is 467 g/mol. The number of aromatic nitrogens is 3. The molecular formula is C23H25N5O2S2. The maximum absolute atomic E-state index is 5.60. The number of nitrogens with one attached hydrogen (secondary N) is 1. The minimum atomic E-state index is 0.186. The lowest BCUT2D eigenvalue weighted by atomic mass is 9.94. The largest absolute Gasteiger partial charge is 0.467 e. The van der Waals surface area contributed by atoms with Crippen LogP contribution in [-0.2, 0) is 23.5 Å². The summed E-state index contributed by atoms with van der Waals surface area (Å²) < 4.78 is 12.3. The Kier molecular flexibility index (Phi) is 5.00. The molecule has 2 aliphatic rings. The number of ether oxygens (including phenoxy) is 1. The molecule has 0 atom stereocenters. The van der Waals surface area contributed by atoms with Crippen LogP contribution in [0.5, 0.6) is 0 Å². The van der Waals surface area contributed by atoms with Crippen molar-refractivity contribution in [1.29, 1.82) is 0 Å². The number of rotatable bonds is 4. The van der Waals surface area contributed by atoms with E-state index in [1.165, 1.54) is 16.5 Å². The summed E-state index contributed by atoms with van der Waals surface area (Å²) >= 11 is 3.70. The van der Waals surface area contributed by atoms with Gasteiger partial charge in [0.15, 0.2) is 0 Å². The Hall–Kier alpha value is -2.36. The highest BCUT2D eigenvalue weighted by molar-refractivity contribution is 7.99. The van der Waals surface area contributed by atoms with Gasteiger partial charge in [-0.1, -0.05) is 13.8 Å². The average molecular weight is 468 g/mol. The molecule has 0 aromatic carbocycles. The quantitative estimate of drug-likeness (QED) is 0.457. The van der Waals surface area contributed by atoms with Crippen LogP contribution in [0.15, 0.2) is 29.1 Å². The molecule has 32 heavy (non-hydrogen) atoms. The van der Waals surface area contributed by atoms with E-state index in [4.69, 9.17) is 19.1 Å². The van der Waals surface area contributed by atoms with Crippen molar-refractivity contribution in [2.45, 2.75) is 37.3 Å². The average Bonchev–Trinajstić information content (AvgIpc) is 3.45. The Balaban J connectivity index is 1.52. The lowest BCUT2D eigenvalue weighted by molar-refractivity contribution is 0.122. The first-order chi connectivity index (χ1) is 15.6. The van der Waals surface area contributed by atoms with Crippen molar-refractivity contribution < 1.29 is 9.15 Å². The van der Waals surface area contributed by atoms with Gasteiger partial charge in [-0.15, -0.1) is 11.3 Å². The minimum absolute atomic E-state index is 0.186. The third-order valence-electron chi connectivity index (χ3n) is 6.13. The summed E-state index contributed by atoms with van der Waals surface area (Å²) in [4.78, 5) is 17.9. The molecule has 0 aliphatic carbocycles. The van der Waals surface area contributed by atoms with E-state index in [1.807, 2.05) is 23.9 Å². The zero-order valence-corrected chi connectivity index (χ0v) is 19.8. The zero-order valence-electron chi connectivity index (χ0n) is 18.2. The number of furan rings is 1. The van der Waals surface area contributed by atoms with Gasteiger partial charge in [-0.3, -0.25) is 0 Å². The number of pyridine rings is 1. The second-order valence-electron chi connectivity index (χ2n) is 8.83.